The van der Waals surface area contributed by atoms with Crippen LogP contribution in [-0.2, 0) is 27.7 Å². The zero-order chi connectivity index (χ0) is 6.53. The van der Waals surface area contributed by atoms with Gasteiger partial charge in [0.15, 0.2) is 0 Å². The fourth-order valence-electron chi connectivity index (χ4n) is 1.59. The molecule has 1 nitrogen and oxygen atoms in total. The molecule has 1 rings (SSSR count). The van der Waals surface area contributed by atoms with Gasteiger partial charge >= 0.3 is 70.3 Å². The van der Waals surface area contributed by atoms with Crippen molar-refractivity contribution in [2.24, 2.45) is 0 Å². The third-order valence-corrected chi connectivity index (χ3v) is 8.43. The van der Waals surface area contributed by atoms with Gasteiger partial charge in [-0.1, -0.05) is 0 Å². The van der Waals surface area contributed by atoms with Crippen LogP contribution in [0.1, 0.15) is 32.1 Å². The molecule has 1 fully saturated rings. The Morgan fingerprint density at radius 3 is 2.44 bits per heavy atom. The summed E-state index contributed by atoms with van der Waals surface area (Å²) in [5.41, 5.74) is 0. The molecule has 0 spiro atoms. The van der Waals surface area contributed by atoms with Crippen molar-refractivity contribution < 1.29 is 27.7 Å². The molecule has 1 aliphatic rings. The molecule has 50 valence electrons. The molecular weight excluding hydrogens is 301 g/mol. The van der Waals surface area contributed by atoms with Crippen LogP contribution in [0.25, 0.3) is 0 Å². The molecule has 0 aromatic carbocycles. The van der Waals surface area contributed by atoms with E-state index in [1.807, 2.05) is 7.11 Å². The number of rotatable bonds is 2. The second-order valence-electron chi connectivity index (χ2n) is 2.96. The molecule has 0 radical (unpaired) electrons. The normalized spacial score (nSPS) is 21.4. The molecule has 1 saturated carbocycles. The molecule has 2 heteroatoms. The summed E-state index contributed by atoms with van der Waals surface area (Å²) in [4.78, 5) is 0. The van der Waals surface area contributed by atoms with Crippen molar-refractivity contribution in [3.05, 3.63) is 0 Å². The van der Waals surface area contributed by atoms with Gasteiger partial charge in [0, 0.05) is 0 Å². The summed E-state index contributed by atoms with van der Waals surface area (Å²) in [6.07, 6.45) is 7.43. The fraction of sp³-hybridized carbons (Fsp3) is 1.00. The van der Waals surface area contributed by atoms with Gasteiger partial charge in [-0.3, -0.25) is 0 Å². The maximum atomic E-state index is 5.30. The molecule has 0 N–H and O–H groups in total. The second-order valence-corrected chi connectivity index (χ2v) is 11.0. The molecule has 1 aliphatic carbocycles. The summed E-state index contributed by atoms with van der Waals surface area (Å²) in [7, 11) is 1.90. The van der Waals surface area contributed by atoms with E-state index in [1.54, 1.807) is 0 Å². The van der Waals surface area contributed by atoms with Crippen molar-refractivity contribution in [3.8, 4) is 0 Å². The standard InChI is InChI=1S/C6H11.CH3O.Hg/c1-2-4-6-5-3-1;1-2;/h1H,2-6H2;1H3;/q;-1;+1. The Balaban J connectivity index is 2.08. The first-order valence-corrected chi connectivity index (χ1v) is 9.34. The Morgan fingerprint density at radius 1 is 1.22 bits per heavy atom. The summed E-state index contributed by atoms with van der Waals surface area (Å²) in [5, 5.41) is 0. The maximum absolute atomic E-state index is 5.30. The monoisotopic (exact) mass is 316 g/mol. The van der Waals surface area contributed by atoms with Gasteiger partial charge in [0.1, 0.15) is 0 Å². The average Bonchev–Trinajstić information content (AvgIpc) is 1.91. The van der Waals surface area contributed by atoms with Gasteiger partial charge in [-0.25, -0.2) is 0 Å². The third kappa shape index (κ3) is 2.99. The second kappa shape index (κ2) is 4.67. The molecule has 0 amide bonds. The van der Waals surface area contributed by atoms with Crippen LogP contribution < -0.4 is 0 Å². The molecule has 0 unspecified atom stereocenters. The van der Waals surface area contributed by atoms with Crippen molar-refractivity contribution in [1.29, 1.82) is 0 Å². The van der Waals surface area contributed by atoms with Crippen LogP contribution in [0.4, 0.5) is 0 Å². The molecule has 0 atom stereocenters. The van der Waals surface area contributed by atoms with Crippen LogP contribution in [0, 0.1) is 0 Å². The van der Waals surface area contributed by atoms with Crippen LogP contribution in [0.5, 0.6) is 0 Å². The van der Waals surface area contributed by atoms with Crippen LogP contribution in [0.15, 0.2) is 0 Å². The minimum atomic E-state index is -0.790. The Bertz CT molecular complexity index is 66.6. The van der Waals surface area contributed by atoms with Crippen molar-refractivity contribution in [2.45, 2.75) is 35.5 Å². The SMILES string of the molecule is C[O][Hg][CH]1CCCCC1. The predicted molar refractivity (Wildman–Crippen MR) is 33.8 cm³/mol. The van der Waals surface area contributed by atoms with E-state index in [2.05, 4.69) is 0 Å². The van der Waals surface area contributed by atoms with Crippen molar-refractivity contribution in [2.75, 3.05) is 7.11 Å². The Morgan fingerprint density at radius 2 is 1.89 bits per heavy atom. The van der Waals surface area contributed by atoms with Crippen molar-refractivity contribution in [3.63, 3.8) is 0 Å². The zero-order valence-corrected chi connectivity index (χ0v) is 11.7. The van der Waals surface area contributed by atoms with Gasteiger partial charge in [0.25, 0.3) is 0 Å². The molecular formula is C7H14HgO. The third-order valence-electron chi connectivity index (χ3n) is 2.13. The molecule has 0 saturated heterocycles. The molecule has 0 aromatic rings. The summed E-state index contributed by atoms with van der Waals surface area (Å²) >= 11 is -0.790. The predicted octanol–water partition coefficient (Wildman–Crippen LogP) is 2.38. The first-order chi connectivity index (χ1) is 4.43. The van der Waals surface area contributed by atoms with Gasteiger partial charge in [-0.05, 0) is 0 Å². The Labute approximate surface area is 70.3 Å². The van der Waals surface area contributed by atoms with E-state index in [0.717, 1.165) is 3.43 Å². The van der Waals surface area contributed by atoms with Crippen LogP contribution in [0.3, 0.4) is 0 Å². The number of hydrogen-bond acceptors (Lipinski definition) is 1. The van der Waals surface area contributed by atoms with Gasteiger partial charge in [0.05, 0.1) is 0 Å². The van der Waals surface area contributed by atoms with Gasteiger partial charge in [0.2, 0.25) is 0 Å². The van der Waals surface area contributed by atoms with Gasteiger partial charge < -0.3 is 0 Å². The van der Waals surface area contributed by atoms with E-state index >= 15 is 0 Å². The molecule has 0 aliphatic heterocycles. The molecule has 0 heterocycles. The van der Waals surface area contributed by atoms with E-state index in [-0.39, 0.29) is 0 Å². The molecule has 0 bridgehead atoms. The first kappa shape index (κ1) is 8.00. The summed E-state index contributed by atoms with van der Waals surface area (Å²) in [6.45, 7) is 0. The average molecular weight is 315 g/mol. The number of hydrogen-bond donors (Lipinski definition) is 0. The van der Waals surface area contributed by atoms with E-state index in [4.69, 9.17) is 2.64 Å². The van der Waals surface area contributed by atoms with Crippen LogP contribution in [-0.4, -0.2) is 7.11 Å². The Kier molecular flexibility index (Phi) is 4.15. The van der Waals surface area contributed by atoms with Gasteiger partial charge in [-0.2, -0.15) is 0 Å². The summed E-state index contributed by atoms with van der Waals surface area (Å²) in [5.74, 6) is 0. The molecule has 9 heavy (non-hydrogen) atoms. The van der Waals surface area contributed by atoms with E-state index in [0.29, 0.717) is 0 Å². The summed E-state index contributed by atoms with van der Waals surface area (Å²) < 4.78 is 6.40. The van der Waals surface area contributed by atoms with E-state index in [1.165, 1.54) is 32.1 Å². The fourth-order valence-corrected chi connectivity index (χ4v) is 6.96. The quantitative estimate of drug-likeness (QED) is 0.711. The van der Waals surface area contributed by atoms with Crippen molar-refractivity contribution in [1.82, 2.24) is 0 Å². The first-order valence-electron chi connectivity index (χ1n) is 3.92. The van der Waals surface area contributed by atoms with Crippen molar-refractivity contribution >= 4 is 0 Å². The van der Waals surface area contributed by atoms with E-state index < -0.39 is 25.0 Å². The van der Waals surface area contributed by atoms with Crippen LogP contribution >= 0.6 is 0 Å². The Hall–Kier alpha value is 0.895. The van der Waals surface area contributed by atoms with E-state index in [9.17, 15) is 0 Å². The molecule has 0 aromatic heterocycles. The van der Waals surface area contributed by atoms with Crippen LogP contribution in [0.2, 0.25) is 3.43 Å². The van der Waals surface area contributed by atoms with Gasteiger partial charge in [-0.15, -0.1) is 0 Å². The summed E-state index contributed by atoms with van der Waals surface area (Å²) in [6, 6.07) is 0. The minimum absolute atomic E-state index is 0.790. The zero-order valence-electron chi connectivity index (χ0n) is 6.23. The topological polar surface area (TPSA) is 9.23 Å².